The Morgan fingerprint density at radius 2 is 1.72 bits per heavy atom. The maximum absolute atomic E-state index is 13.0. The molecule has 3 aromatic carbocycles. The van der Waals surface area contributed by atoms with E-state index in [-0.39, 0.29) is 18.2 Å². The number of hydrogen-bond acceptors (Lipinski definition) is 6. The van der Waals surface area contributed by atoms with Crippen LogP contribution in [0.1, 0.15) is 33.0 Å². The van der Waals surface area contributed by atoms with Gasteiger partial charge in [0.2, 0.25) is 5.95 Å². The highest BCUT2D eigenvalue weighted by Crippen LogP contribution is 2.31. The summed E-state index contributed by atoms with van der Waals surface area (Å²) in [5.74, 6) is 0.0461. The number of halogens is 1. The third-order valence-electron chi connectivity index (χ3n) is 6.21. The molecule has 0 radical (unpaired) electrons. The van der Waals surface area contributed by atoms with Gasteiger partial charge in [0, 0.05) is 18.0 Å². The number of rotatable bonds is 6. The van der Waals surface area contributed by atoms with Gasteiger partial charge in [-0.1, -0.05) is 66.2 Å². The quantitative estimate of drug-likeness (QED) is 0.372. The molecule has 0 saturated heterocycles. The van der Waals surface area contributed by atoms with E-state index in [1.165, 1.54) is 16.4 Å². The number of esters is 1. The van der Waals surface area contributed by atoms with Crippen LogP contribution in [0.25, 0.3) is 0 Å². The van der Waals surface area contributed by atoms with Crippen LogP contribution in [0.2, 0.25) is 5.02 Å². The van der Waals surface area contributed by atoms with Gasteiger partial charge in [-0.25, -0.2) is 19.3 Å². The van der Waals surface area contributed by atoms with Crippen LogP contribution in [0.3, 0.4) is 0 Å². The first-order valence-corrected chi connectivity index (χ1v) is 11.8. The molecule has 1 atom stereocenters. The Morgan fingerprint density at radius 3 is 2.39 bits per heavy atom. The first kappa shape index (κ1) is 23.6. The summed E-state index contributed by atoms with van der Waals surface area (Å²) < 4.78 is 7.64. The van der Waals surface area contributed by atoms with E-state index >= 15 is 0 Å². The molecular formula is C27H24ClN5O3. The number of hydrazone groups is 1. The number of aromatic nitrogens is 3. The molecule has 4 aromatic rings. The van der Waals surface area contributed by atoms with Gasteiger partial charge in [-0.15, -0.1) is 5.10 Å². The van der Waals surface area contributed by atoms with Gasteiger partial charge < -0.3 is 4.74 Å². The van der Waals surface area contributed by atoms with E-state index in [2.05, 4.69) is 17.2 Å². The largest absolute Gasteiger partial charge is 0.465 e. The summed E-state index contributed by atoms with van der Waals surface area (Å²) in [5.41, 5.74) is 4.01. The number of anilines is 1. The van der Waals surface area contributed by atoms with Crippen molar-refractivity contribution in [2.45, 2.75) is 12.5 Å². The van der Waals surface area contributed by atoms with Crippen LogP contribution < -0.4 is 10.7 Å². The van der Waals surface area contributed by atoms with Crippen LogP contribution in [-0.4, -0.2) is 39.7 Å². The number of methoxy groups -OCH3 is 1. The van der Waals surface area contributed by atoms with Gasteiger partial charge in [0.15, 0.2) is 0 Å². The molecule has 5 rings (SSSR count). The second kappa shape index (κ2) is 9.83. The van der Waals surface area contributed by atoms with Crippen molar-refractivity contribution in [2.75, 3.05) is 18.7 Å². The minimum Gasteiger partial charge on any atom is -0.465 e. The molecule has 8 nitrogen and oxygen atoms in total. The molecule has 9 heteroatoms. The second-order valence-corrected chi connectivity index (χ2v) is 8.96. The normalized spacial score (nSPS) is 15.1. The van der Waals surface area contributed by atoms with Crippen LogP contribution in [-0.2, 0) is 18.3 Å². The summed E-state index contributed by atoms with van der Waals surface area (Å²) in [6.45, 7) is 0.804. The molecule has 182 valence electrons. The molecule has 1 aromatic heterocycles. The van der Waals surface area contributed by atoms with Crippen molar-refractivity contribution in [1.29, 1.82) is 0 Å². The number of nitrogens with zero attached hydrogens (tertiary/aromatic N) is 5. The van der Waals surface area contributed by atoms with E-state index in [1.807, 2.05) is 42.5 Å². The summed E-state index contributed by atoms with van der Waals surface area (Å²) >= 11 is 6.11. The van der Waals surface area contributed by atoms with Gasteiger partial charge in [0.05, 0.1) is 31.5 Å². The molecule has 0 aliphatic carbocycles. The van der Waals surface area contributed by atoms with Crippen molar-refractivity contribution in [2.24, 2.45) is 12.1 Å². The summed E-state index contributed by atoms with van der Waals surface area (Å²) in [5, 5.41) is 11.9. The summed E-state index contributed by atoms with van der Waals surface area (Å²) in [4.78, 5) is 24.7. The molecule has 36 heavy (non-hydrogen) atoms. The van der Waals surface area contributed by atoms with Crippen LogP contribution in [0.15, 0.2) is 88.8 Å². The molecule has 1 aliphatic heterocycles. The molecule has 0 spiro atoms. The van der Waals surface area contributed by atoms with Crippen molar-refractivity contribution in [1.82, 2.24) is 14.3 Å². The van der Waals surface area contributed by atoms with Crippen LogP contribution in [0, 0.1) is 0 Å². The lowest BCUT2D eigenvalue weighted by Crippen LogP contribution is -2.25. The van der Waals surface area contributed by atoms with E-state index in [0.29, 0.717) is 23.1 Å². The molecule has 0 bridgehead atoms. The third kappa shape index (κ3) is 4.55. The number of benzene rings is 3. The summed E-state index contributed by atoms with van der Waals surface area (Å²) in [7, 11) is 3.03. The van der Waals surface area contributed by atoms with Gasteiger partial charge in [0.25, 0.3) is 0 Å². The minimum absolute atomic E-state index is 0.00139. The first-order valence-electron chi connectivity index (χ1n) is 11.4. The Balaban J connectivity index is 1.46. The highest BCUT2D eigenvalue weighted by Gasteiger charge is 2.32. The fraction of sp³-hybridized carbons (Fsp3) is 0.185. The fourth-order valence-corrected chi connectivity index (χ4v) is 4.42. The van der Waals surface area contributed by atoms with E-state index in [1.54, 1.807) is 36.3 Å². The van der Waals surface area contributed by atoms with Crippen LogP contribution >= 0.6 is 11.6 Å². The Morgan fingerprint density at radius 1 is 1.03 bits per heavy atom. The predicted octanol–water partition coefficient (Wildman–Crippen LogP) is 4.08. The number of ether oxygens (including phenoxy) is 1. The lowest BCUT2D eigenvalue weighted by atomic mass is 9.91. The first-order chi connectivity index (χ1) is 17.4. The maximum Gasteiger partial charge on any atom is 0.347 e. The van der Waals surface area contributed by atoms with Gasteiger partial charge in [-0.05, 0) is 41.0 Å². The average molecular weight is 502 g/mol. The van der Waals surface area contributed by atoms with Crippen molar-refractivity contribution in [3.63, 3.8) is 0 Å². The highest BCUT2D eigenvalue weighted by atomic mass is 35.5. The van der Waals surface area contributed by atoms with E-state index in [4.69, 9.17) is 21.4 Å². The van der Waals surface area contributed by atoms with Gasteiger partial charge in [-0.3, -0.25) is 4.57 Å². The van der Waals surface area contributed by atoms with Crippen LogP contribution in [0.4, 0.5) is 5.95 Å². The topological polar surface area (TPSA) is 81.7 Å². The van der Waals surface area contributed by atoms with Crippen molar-refractivity contribution in [3.8, 4) is 0 Å². The second-order valence-electron chi connectivity index (χ2n) is 8.53. The third-order valence-corrected chi connectivity index (χ3v) is 6.46. The zero-order valence-corrected chi connectivity index (χ0v) is 20.6. The summed E-state index contributed by atoms with van der Waals surface area (Å²) in [6, 6.07) is 24.7. The van der Waals surface area contributed by atoms with E-state index in [9.17, 15) is 9.59 Å². The molecule has 0 N–H and O–H groups in total. The SMILES string of the molecule is COC(=O)c1ccc(Cn2nc(N3CC(c4ccccc4)C(c4ccc(Cl)cc4)=N3)n(C)c2=O)cc1. The van der Waals surface area contributed by atoms with Gasteiger partial charge in [-0.2, -0.15) is 5.10 Å². The highest BCUT2D eigenvalue weighted by molar-refractivity contribution is 6.30. The van der Waals surface area contributed by atoms with Gasteiger partial charge in [0.1, 0.15) is 0 Å². The monoisotopic (exact) mass is 501 g/mol. The fourth-order valence-electron chi connectivity index (χ4n) is 4.30. The van der Waals surface area contributed by atoms with E-state index < -0.39 is 5.97 Å². The van der Waals surface area contributed by atoms with Crippen molar-refractivity contribution in [3.05, 3.63) is 117 Å². The number of carbonyl (C=O) groups is 1. The molecule has 0 fully saturated rings. The Kier molecular flexibility index (Phi) is 6.43. The zero-order valence-electron chi connectivity index (χ0n) is 19.8. The minimum atomic E-state index is -0.407. The zero-order chi connectivity index (χ0) is 25.2. The number of carbonyl (C=O) groups excluding carboxylic acids is 1. The maximum atomic E-state index is 13.0. The smallest absolute Gasteiger partial charge is 0.347 e. The molecule has 1 aliphatic rings. The Labute approximate surface area is 213 Å². The molecule has 2 heterocycles. The van der Waals surface area contributed by atoms with Crippen molar-refractivity contribution >= 4 is 29.2 Å². The van der Waals surface area contributed by atoms with Gasteiger partial charge >= 0.3 is 11.7 Å². The molecular weight excluding hydrogens is 478 g/mol. The molecule has 0 saturated carbocycles. The lowest BCUT2D eigenvalue weighted by Gasteiger charge is -2.15. The number of hydrogen-bond donors (Lipinski definition) is 0. The summed E-state index contributed by atoms with van der Waals surface area (Å²) in [6.07, 6.45) is 0. The predicted molar refractivity (Wildman–Crippen MR) is 139 cm³/mol. The molecule has 1 unspecified atom stereocenters. The van der Waals surface area contributed by atoms with Crippen molar-refractivity contribution < 1.29 is 9.53 Å². The standard InChI is InChI=1S/C27H24ClN5O3/c1-31-26(30-33(27(31)35)16-18-8-10-21(11-9-18)25(34)36-2)32-17-23(19-6-4-3-5-7-19)24(29-32)20-12-14-22(28)15-13-20/h3-15,23H,16-17H2,1-2H3. The van der Waals surface area contributed by atoms with E-state index in [0.717, 1.165) is 22.4 Å². The lowest BCUT2D eigenvalue weighted by molar-refractivity contribution is 0.0600. The Bertz CT molecular complexity index is 1470. The Hall–Kier alpha value is -4.17. The molecule has 0 amide bonds. The van der Waals surface area contributed by atoms with Crippen LogP contribution in [0.5, 0.6) is 0 Å². The average Bonchev–Trinajstić information content (AvgIpc) is 3.47.